The predicted molar refractivity (Wildman–Crippen MR) is 107 cm³/mol. The van der Waals surface area contributed by atoms with Gasteiger partial charge in [0.1, 0.15) is 11.9 Å². The number of halogens is 1. The molecule has 1 saturated heterocycles. The molecule has 3 aromatic rings. The zero-order valence-electron chi connectivity index (χ0n) is 15.2. The molecule has 0 N–H and O–H groups in total. The van der Waals surface area contributed by atoms with Crippen molar-refractivity contribution in [2.45, 2.75) is 19.4 Å². The van der Waals surface area contributed by atoms with Gasteiger partial charge in [-0.2, -0.15) is 0 Å². The monoisotopic (exact) mass is 380 g/mol. The lowest BCUT2D eigenvalue weighted by atomic mass is 10.1. The first kappa shape index (κ1) is 17.9. The third-order valence-electron chi connectivity index (χ3n) is 4.71. The van der Waals surface area contributed by atoms with Crippen LogP contribution in [0.1, 0.15) is 24.3 Å². The molecule has 3 heterocycles. The molecule has 1 aliphatic heterocycles. The van der Waals surface area contributed by atoms with Crippen LogP contribution in [0.5, 0.6) is 0 Å². The highest BCUT2D eigenvalue weighted by Gasteiger charge is 2.25. The lowest BCUT2D eigenvalue weighted by molar-refractivity contribution is 0.0396. The highest BCUT2D eigenvalue weighted by molar-refractivity contribution is 6.31. The van der Waals surface area contributed by atoms with Crippen LogP contribution in [0.15, 0.2) is 54.9 Å². The Balaban J connectivity index is 1.65. The van der Waals surface area contributed by atoms with Crippen molar-refractivity contribution in [1.29, 1.82) is 0 Å². The third-order valence-corrected chi connectivity index (χ3v) is 5.05. The third kappa shape index (κ3) is 3.94. The number of pyridine rings is 1. The van der Waals surface area contributed by atoms with E-state index in [0.29, 0.717) is 13.2 Å². The molecule has 0 amide bonds. The first-order valence-corrected chi connectivity index (χ1v) is 9.51. The van der Waals surface area contributed by atoms with Gasteiger partial charge in [0.15, 0.2) is 5.82 Å². The van der Waals surface area contributed by atoms with Crippen LogP contribution >= 0.6 is 11.6 Å². The molecular formula is C21H21ClN4O. The molecule has 0 bridgehead atoms. The van der Waals surface area contributed by atoms with E-state index in [4.69, 9.17) is 26.3 Å². The molecule has 0 saturated carbocycles. The molecule has 1 aliphatic rings. The van der Waals surface area contributed by atoms with Crippen LogP contribution in [0, 0.1) is 0 Å². The maximum atomic E-state index is 6.37. The molecule has 0 radical (unpaired) electrons. The average molecular weight is 381 g/mol. The van der Waals surface area contributed by atoms with Crippen LogP contribution < -0.4 is 4.90 Å². The van der Waals surface area contributed by atoms with E-state index >= 15 is 0 Å². The van der Waals surface area contributed by atoms with E-state index in [-0.39, 0.29) is 6.10 Å². The summed E-state index contributed by atoms with van der Waals surface area (Å²) in [5, 5.41) is 0.735. The summed E-state index contributed by atoms with van der Waals surface area (Å²) in [7, 11) is 0. The van der Waals surface area contributed by atoms with Gasteiger partial charge in [0.2, 0.25) is 0 Å². The quantitative estimate of drug-likeness (QED) is 0.674. The topological polar surface area (TPSA) is 51.1 Å². The van der Waals surface area contributed by atoms with Gasteiger partial charge in [0.05, 0.1) is 6.61 Å². The number of nitrogens with zero attached hydrogens (tertiary/aromatic N) is 4. The van der Waals surface area contributed by atoms with E-state index in [1.165, 1.54) is 0 Å². The van der Waals surface area contributed by atoms with Gasteiger partial charge in [-0.15, -0.1) is 0 Å². The number of hydrogen-bond donors (Lipinski definition) is 0. The molecule has 1 unspecified atom stereocenters. The maximum absolute atomic E-state index is 6.37. The summed E-state index contributed by atoms with van der Waals surface area (Å²) >= 11 is 6.37. The lowest BCUT2D eigenvalue weighted by Gasteiger charge is -2.34. The number of benzene rings is 1. The molecule has 4 rings (SSSR count). The van der Waals surface area contributed by atoms with Crippen LogP contribution in [0.4, 0.5) is 5.82 Å². The lowest BCUT2D eigenvalue weighted by Crippen LogP contribution is -2.39. The molecule has 1 atom stereocenters. The Labute approximate surface area is 164 Å². The van der Waals surface area contributed by atoms with E-state index in [2.05, 4.69) is 22.9 Å². The van der Waals surface area contributed by atoms with Crippen molar-refractivity contribution in [3.8, 4) is 11.4 Å². The number of rotatable bonds is 4. The molecule has 1 aromatic carbocycles. The Hall–Kier alpha value is -2.50. The minimum Gasteiger partial charge on any atom is -0.370 e. The van der Waals surface area contributed by atoms with Gasteiger partial charge < -0.3 is 9.64 Å². The van der Waals surface area contributed by atoms with Crippen molar-refractivity contribution in [1.82, 2.24) is 15.0 Å². The smallest absolute Gasteiger partial charge is 0.161 e. The van der Waals surface area contributed by atoms with Gasteiger partial charge in [-0.1, -0.05) is 36.7 Å². The number of anilines is 1. The molecule has 5 nitrogen and oxygen atoms in total. The summed E-state index contributed by atoms with van der Waals surface area (Å²) in [5.41, 5.74) is 3.01. The SMILES string of the molecule is CCc1cc(N2CCOC(c3ccccc3Cl)C2)nc(-c2ccncc2)n1. The zero-order chi connectivity index (χ0) is 18.6. The Morgan fingerprint density at radius 2 is 1.96 bits per heavy atom. The van der Waals surface area contributed by atoms with Crippen molar-refractivity contribution < 1.29 is 4.74 Å². The normalized spacial score (nSPS) is 17.1. The van der Waals surface area contributed by atoms with Crippen molar-refractivity contribution in [3.05, 3.63) is 71.1 Å². The van der Waals surface area contributed by atoms with Crippen molar-refractivity contribution in [2.75, 3.05) is 24.6 Å². The zero-order valence-corrected chi connectivity index (χ0v) is 15.9. The molecule has 1 fully saturated rings. The number of morpholine rings is 1. The number of ether oxygens (including phenoxy) is 1. The van der Waals surface area contributed by atoms with Gasteiger partial charge in [0.25, 0.3) is 0 Å². The summed E-state index contributed by atoms with van der Waals surface area (Å²) in [6.07, 6.45) is 4.31. The summed E-state index contributed by atoms with van der Waals surface area (Å²) in [5.74, 6) is 1.65. The van der Waals surface area contributed by atoms with E-state index in [1.54, 1.807) is 12.4 Å². The first-order chi connectivity index (χ1) is 13.2. The molecule has 6 heteroatoms. The fourth-order valence-corrected chi connectivity index (χ4v) is 3.50. The van der Waals surface area contributed by atoms with Crippen LogP contribution in [0.3, 0.4) is 0 Å². The second kappa shape index (κ2) is 8.03. The van der Waals surface area contributed by atoms with Crippen LogP contribution in [0.25, 0.3) is 11.4 Å². The van der Waals surface area contributed by atoms with Gasteiger partial charge in [-0.3, -0.25) is 4.98 Å². The predicted octanol–water partition coefficient (Wildman–Crippen LogP) is 4.33. The molecule has 0 aliphatic carbocycles. The van der Waals surface area contributed by atoms with E-state index in [0.717, 1.165) is 46.5 Å². The molecular weight excluding hydrogens is 360 g/mol. The summed E-state index contributed by atoms with van der Waals surface area (Å²) < 4.78 is 5.99. The van der Waals surface area contributed by atoms with Gasteiger partial charge in [-0.05, 0) is 24.6 Å². The number of hydrogen-bond acceptors (Lipinski definition) is 5. The van der Waals surface area contributed by atoms with Gasteiger partial charge in [0, 0.05) is 53.4 Å². The molecule has 27 heavy (non-hydrogen) atoms. The van der Waals surface area contributed by atoms with Crippen molar-refractivity contribution >= 4 is 17.4 Å². The van der Waals surface area contributed by atoms with Crippen LogP contribution in [0.2, 0.25) is 5.02 Å². The van der Waals surface area contributed by atoms with E-state index < -0.39 is 0 Å². The standard InChI is InChI=1S/C21H21ClN4O/c1-2-16-13-20(25-21(24-16)15-7-9-23-10-8-15)26-11-12-27-19(14-26)17-5-3-4-6-18(17)22/h3-10,13,19H,2,11-12,14H2,1H3. The van der Waals surface area contributed by atoms with Crippen molar-refractivity contribution in [3.63, 3.8) is 0 Å². The first-order valence-electron chi connectivity index (χ1n) is 9.14. The number of aromatic nitrogens is 3. The summed E-state index contributed by atoms with van der Waals surface area (Å²) in [6, 6.07) is 13.8. The Morgan fingerprint density at radius 1 is 1.15 bits per heavy atom. The van der Waals surface area contributed by atoms with Crippen LogP contribution in [-0.4, -0.2) is 34.6 Å². The molecule has 2 aromatic heterocycles. The fourth-order valence-electron chi connectivity index (χ4n) is 3.24. The minimum atomic E-state index is -0.0723. The Bertz CT molecular complexity index is 919. The van der Waals surface area contributed by atoms with Gasteiger partial charge >= 0.3 is 0 Å². The second-order valence-electron chi connectivity index (χ2n) is 6.46. The van der Waals surface area contributed by atoms with Crippen molar-refractivity contribution in [2.24, 2.45) is 0 Å². The molecule has 138 valence electrons. The van der Waals surface area contributed by atoms with E-state index in [9.17, 15) is 0 Å². The Morgan fingerprint density at radius 3 is 2.74 bits per heavy atom. The van der Waals surface area contributed by atoms with Crippen LogP contribution in [-0.2, 0) is 11.2 Å². The number of aryl methyl sites for hydroxylation is 1. The largest absolute Gasteiger partial charge is 0.370 e. The van der Waals surface area contributed by atoms with Gasteiger partial charge in [-0.25, -0.2) is 9.97 Å². The Kier molecular flexibility index (Phi) is 5.32. The minimum absolute atomic E-state index is 0.0723. The van der Waals surface area contributed by atoms with E-state index in [1.807, 2.05) is 36.4 Å². The fraction of sp³-hybridized carbons (Fsp3) is 0.286. The maximum Gasteiger partial charge on any atom is 0.161 e. The second-order valence-corrected chi connectivity index (χ2v) is 6.86. The summed E-state index contributed by atoms with van der Waals surface area (Å²) in [6.45, 7) is 4.23. The average Bonchev–Trinajstić information content (AvgIpc) is 2.74. The molecule has 0 spiro atoms. The highest BCUT2D eigenvalue weighted by Crippen LogP contribution is 2.30. The highest BCUT2D eigenvalue weighted by atomic mass is 35.5. The summed E-state index contributed by atoms with van der Waals surface area (Å²) in [4.78, 5) is 15.9.